The van der Waals surface area contributed by atoms with Crippen LogP contribution in [0.15, 0.2) is 6.33 Å². The number of nitrogen functional groups attached to an aromatic ring is 1. The minimum atomic E-state index is 0.389. The number of ether oxygens (including phenoxy) is 1. The number of nitrogens with two attached hydrogens (primary N) is 1. The average molecular weight is 251 g/mol. The first kappa shape index (κ1) is 13.0. The fraction of sp³-hybridized carbons (Fsp3) is 0.667. The second-order valence-corrected chi connectivity index (χ2v) is 4.54. The topological polar surface area (TPSA) is 85.1 Å². The van der Waals surface area contributed by atoms with Gasteiger partial charge in [0.2, 0.25) is 0 Å². The van der Waals surface area contributed by atoms with Gasteiger partial charge in [-0.3, -0.25) is 0 Å². The summed E-state index contributed by atoms with van der Waals surface area (Å²) < 4.78 is 5.69. The SMILES string of the molecule is Cc1c(NN)ncnc1NCCC1CCCCO1. The molecule has 6 nitrogen and oxygen atoms in total. The molecule has 0 radical (unpaired) electrons. The van der Waals surface area contributed by atoms with Gasteiger partial charge in [-0.25, -0.2) is 15.8 Å². The molecule has 1 unspecified atom stereocenters. The standard InChI is InChI=1S/C12H21N5O/c1-9-11(15-8-16-12(9)17-13)14-6-5-10-4-2-3-7-18-10/h8,10H,2-7,13H2,1H3,(H2,14,15,16,17). The molecule has 1 aromatic heterocycles. The molecular weight excluding hydrogens is 230 g/mol. The van der Waals surface area contributed by atoms with Crippen LogP contribution in [0.2, 0.25) is 0 Å². The summed E-state index contributed by atoms with van der Waals surface area (Å²) in [6.45, 7) is 3.69. The van der Waals surface area contributed by atoms with Crippen molar-refractivity contribution in [2.45, 2.75) is 38.7 Å². The Morgan fingerprint density at radius 2 is 2.22 bits per heavy atom. The van der Waals surface area contributed by atoms with Crippen LogP contribution in [0.4, 0.5) is 11.6 Å². The van der Waals surface area contributed by atoms with Gasteiger partial charge in [-0.1, -0.05) is 0 Å². The Balaban J connectivity index is 1.82. The third-order valence-electron chi connectivity index (χ3n) is 3.25. The summed E-state index contributed by atoms with van der Waals surface area (Å²) in [5, 5.41) is 3.31. The van der Waals surface area contributed by atoms with E-state index in [0.717, 1.165) is 31.0 Å². The smallest absolute Gasteiger partial charge is 0.148 e. The third-order valence-corrected chi connectivity index (χ3v) is 3.25. The molecule has 1 saturated heterocycles. The lowest BCUT2D eigenvalue weighted by atomic mass is 10.1. The molecule has 100 valence electrons. The van der Waals surface area contributed by atoms with Crippen molar-refractivity contribution in [3.8, 4) is 0 Å². The van der Waals surface area contributed by atoms with Crippen LogP contribution in [0.5, 0.6) is 0 Å². The number of nitrogens with zero attached hydrogens (tertiary/aromatic N) is 2. The largest absolute Gasteiger partial charge is 0.378 e. The highest BCUT2D eigenvalue weighted by molar-refractivity contribution is 5.55. The van der Waals surface area contributed by atoms with Crippen molar-refractivity contribution in [2.75, 3.05) is 23.9 Å². The molecule has 1 aromatic rings. The van der Waals surface area contributed by atoms with E-state index in [-0.39, 0.29) is 0 Å². The number of rotatable bonds is 5. The van der Waals surface area contributed by atoms with Crippen LogP contribution in [0.1, 0.15) is 31.2 Å². The van der Waals surface area contributed by atoms with Gasteiger partial charge in [0.1, 0.15) is 18.0 Å². The first-order valence-corrected chi connectivity index (χ1v) is 6.45. The predicted octanol–water partition coefficient (Wildman–Crippen LogP) is 1.44. The van der Waals surface area contributed by atoms with Crippen LogP contribution in [0.25, 0.3) is 0 Å². The lowest BCUT2D eigenvalue weighted by Crippen LogP contribution is -2.22. The van der Waals surface area contributed by atoms with Crippen LogP contribution in [0.3, 0.4) is 0 Å². The van der Waals surface area contributed by atoms with E-state index in [1.165, 1.54) is 25.6 Å². The Morgan fingerprint density at radius 1 is 1.39 bits per heavy atom. The Kier molecular flexibility index (Phi) is 4.72. The molecule has 0 aromatic carbocycles. The van der Waals surface area contributed by atoms with Gasteiger partial charge in [-0.2, -0.15) is 0 Å². The fourth-order valence-electron chi connectivity index (χ4n) is 2.16. The van der Waals surface area contributed by atoms with E-state index >= 15 is 0 Å². The highest BCUT2D eigenvalue weighted by Gasteiger charge is 2.13. The summed E-state index contributed by atoms with van der Waals surface area (Å²) in [6, 6.07) is 0. The van der Waals surface area contributed by atoms with Crippen molar-refractivity contribution in [1.29, 1.82) is 0 Å². The van der Waals surface area contributed by atoms with Crippen molar-refractivity contribution in [3.63, 3.8) is 0 Å². The molecule has 1 aliphatic heterocycles. The molecule has 0 amide bonds. The molecule has 1 atom stereocenters. The number of hydrogen-bond donors (Lipinski definition) is 3. The molecular formula is C12H21N5O. The van der Waals surface area contributed by atoms with Gasteiger partial charge in [-0.15, -0.1) is 0 Å². The molecule has 1 aliphatic rings. The van der Waals surface area contributed by atoms with Crippen molar-refractivity contribution in [2.24, 2.45) is 5.84 Å². The maximum absolute atomic E-state index is 5.69. The van der Waals surface area contributed by atoms with Crippen LogP contribution in [0, 0.1) is 6.92 Å². The summed E-state index contributed by atoms with van der Waals surface area (Å²) in [4.78, 5) is 8.25. The zero-order valence-corrected chi connectivity index (χ0v) is 10.8. The summed E-state index contributed by atoms with van der Waals surface area (Å²) in [5.74, 6) is 6.86. The zero-order chi connectivity index (χ0) is 12.8. The van der Waals surface area contributed by atoms with Crippen LogP contribution >= 0.6 is 0 Å². The van der Waals surface area contributed by atoms with Crippen molar-refractivity contribution in [3.05, 3.63) is 11.9 Å². The zero-order valence-electron chi connectivity index (χ0n) is 10.8. The van der Waals surface area contributed by atoms with Gasteiger partial charge in [-0.05, 0) is 32.6 Å². The van der Waals surface area contributed by atoms with E-state index in [2.05, 4.69) is 20.7 Å². The normalized spacial score (nSPS) is 19.6. The van der Waals surface area contributed by atoms with Crippen molar-refractivity contribution < 1.29 is 4.74 Å². The fourth-order valence-corrected chi connectivity index (χ4v) is 2.16. The summed E-state index contributed by atoms with van der Waals surface area (Å²) in [6.07, 6.45) is 6.54. The van der Waals surface area contributed by atoms with Gasteiger partial charge in [0.25, 0.3) is 0 Å². The monoisotopic (exact) mass is 251 g/mol. The number of hydrazine groups is 1. The lowest BCUT2D eigenvalue weighted by Gasteiger charge is -2.22. The lowest BCUT2D eigenvalue weighted by molar-refractivity contribution is 0.0134. The van der Waals surface area contributed by atoms with E-state index in [9.17, 15) is 0 Å². The maximum atomic E-state index is 5.69. The molecule has 2 rings (SSSR count). The number of hydrogen-bond acceptors (Lipinski definition) is 6. The quantitative estimate of drug-likeness (QED) is 0.542. The first-order valence-electron chi connectivity index (χ1n) is 6.45. The van der Waals surface area contributed by atoms with Gasteiger partial charge < -0.3 is 15.5 Å². The molecule has 1 fully saturated rings. The van der Waals surface area contributed by atoms with Gasteiger partial charge in [0, 0.05) is 18.7 Å². The van der Waals surface area contributed by atoms with E-state index < -0.39 is 0 Å². The highest BCUT2D eigenvalue weighted by atomic mass is 16.5. The van der Waals surface area contributed by atoms with E-state index in [0.29, 0.717) is 11.9 Å². The minimum absolute atomic E-state index is 0.389. The number of nitrogens with one attached hydrogen (secondary N) is 2. The van der Waals surface area contributed by atoms with Crippen LogP contribution in [-0.2, 0) is 4.74 Å². The number of anilines is 2. The molecule has 18 heavy (non-hydrogen) atoms. The molecule has 0 bridgehead atoms. The van der Waals surface area contributed by atoms with Gasteiger partial charge in [0.05, 0.1) is 6.10 Å². The van der Waals surface area contributed by atoms with Crippen LogP contribution in [-0.4, -0.2) is 29.2 Å². The van der Waals surface area contributed by atoms with E-state index in [1.807, 2.05) is 6.92 Å². The Hall–Kier alpha value is -1.40. The maximum Gasteiger partial charge on any atom is 0.148 e. The Morgan fingerprint density at radius 3 is 2.94 bits per heavy atom. The van der Waals surface area contributed by atoms with Crippen molar-refractivity contribution in [1.82, 2.24) is 9.97 Å². The summed E-state index contributed by atoms with van der Waals surface area (Å²) in [7, 11) is 0. The van der Waals surface area contributed by atoms with E-state index in [1.54, 1.807) is 0 Å². The first-order chi connectivity index (χ1) is 8.81. The molecule has 4 N–H and O–H groups in total. The second-order valence-electron chi connectivity index (χ2n) is 4.54. The Bertz CT molecular complexity index is 379. The van der Waals surface area contributed by atoms with Gasteiger partial charge in [0.15, 0.2) is 0 Å². The number of aromatic nitrogens is 2. The molecule has 2 heterocycles. The van der Waals surface area contributed by atoms with Crippen LogP contribution < -0.4 is 16.6 Å². The molecule has 0 saturated carbocycles. The highest BCUT2D eigenvalue weighted by Crippen LogP contribution is 2.18. The molecule has 0 spiro atoms. The summed E-state index contributed by atoms with van der Waals surface area (Å²) >= 11 is 0. The third kappa shape index (κ3) is 3.30. The average Bonchev–Trinajstić information content (AvgIpc) is 2.42. The van der Waals surface area contributed by atoms with Gasteiger partial charge >= 0.3 is 0 Å². The minimum Gasteiger partial charge on any atom is -0.378 e. The molecule has 6 heteroatoms. The van der Waals surface area contributed by atoms with E-state index in [4.69, 9.17) is 10.6 Å². The van der Waals surface area contributed by atoms with Crippen molar-refractivity contribution >= 4 is 11.6 Å². The molecule has 0 aliphatic carbocycles. The predicted molar refractivity (Wildman–Crippen MR) is 71.3 cm³/mol. The second kappa shape index (κ2) is 6.51. The summed E-state index contributed by atoms with van der Waals surface area (Å²) in [5.41, 5.74) is 3.49. The Labute approximate surface area is 107 Å².